The average Bonchev–Trinajstić information content (AvgIpc) is 2.42. The Morgan fingerprint density at radius 1 is 1.29 bits per heavy atom. The van der Waals surface area contributed by atoms with Crippen molar-refractivity contribution < 1.29 is 4.79 Å². The van der Waals surface area contributed by atoms with Crippen molar-refractivity contribution in [3.8, 4) is 0 Å². The average molecular weight is 325 g/mol. The van der Waals surface area contributed by atoms with Crippen LogP contribution in [-0.4, -0.2) is 17.4 Å². The lowest BCUT2D eigenvalue weighted by atomic mass is 10.1. The Morgan fingerprint density at radius 3 is 2.71 bits per heavy atom. The molecule has 0 fully saturated rings. The van der Waals surface area contributed by atoms with Gasteiger partial charge in [0.15, 0.2) is 0 Å². The molecule has 5 nitrogen and oxygen atoms in total. The van der Waals surface area contributed by atoms with Crippen molar-refractivity contribution in [3.05, 3.63) is 51.6 Å². The number of primary amides is 1. The number of carbonyl (C=O) groups excluding carboxylic acids is 1. The lowest BCUT2D eigenvalue weighted by Crippen LogP contribution is -2.15. The summed E-state index contributed by atoms with van der Waals surface area (Å²) in [6, 6.07) is 6.89. The molecule has 0 aliphatic rings. The van der Waals surface area contributed by atoms with E-state index in [0.29, 0.717) is 28.8 Å². The van der Waals surface area contributed by atoms with Gasteiger partial charge < -0.3 is 16.8 Å². The molecule has 110 valence electrons. The van der Waals surface area contributed by atoms with Gasteiger partial charge >= 0.3 is 0 Å². The molecule has 0 atom stereocenters. The number of nitrogens with one attached hydrogen (secondary N) is 1. The molecule has 0 aliphatic carbocycles. The maximum atomic E-state index is 11.2. The lowest BCUT2D eigenvalue weighted by molar-refractivity contribution is 0.100. The maximum Gasteiger partial charge on any atom is 0.250 e. The van der Waals surface area contributed by atoms with Crippen LogP contribution < -0.4 is 16.8 Å². The number of rotatable bonds is 5. The largest absolute Gasteiger partial charge is 0.397 e. The van der Waals surface area contributed by atoms with Crippen LogP contribution in [0.3, 0.4) is 0 Å². The summed E-state index contributed by atoms with van der Waals surface area (Å²) in [7, 11) is 0. The molecular formula is C14H14Cl2N4O. The first-order valence-corrected chi connectivity index (χ1v) is 6.96. The summed E-state index contributed by atoms with van der Waals surface area (Å²) in [5.74, 6) is -0.0539. The molecule has 2 aromatic rings. The third-order valence-electron chi connectivity index (χ3n) is 2.92. The summed E-state index contributed by atoms with van der Waals surface area (Å²) in [6.45, 7) is 0.594. The zero-order chi connectivity index (χ0) is 15.4. The highest BCUT2D eigenvalue weighted by molar-refractivity contribution is 6.35. The van der Waals surface area contributed by atoms with Crippen molar-refractivity contribution in [2.75, 3.05) is 17.6 Å². The first-order chi connectivity index (χ1) is 9.97. The van der Waals surface area contributed by atoms with Gasteiger partial charge in [-0.25, -0.2) is 4.98 Å². The molecule has 1 aromatic carbocycles. The molecule has 0 saturated heterocycles. The molecule has 1 aromatic heterocycles. The van der Waals surface area contributed by atoms with Crippen molar-refractivity contribution in [2.24, 2.45) is 5.73 Å². The van der Waals surface area contributed by atoms with Crippen LogP contribution in [0.2, 0.25) is 10.0 Å². The fourth-order valence-corrected chi connectivity index (χ4v) is 2.33. The van der Waals surface area contributed by atoms with Gasteiger partial charge in [-0.05, 0) is 30.2 Å². The number of anilines is 2. The van der Waals surface area contributed by atoms with Crippen LogP contribution in [0.25, 0.3) is 0 Å². The molecule has 0 aliphatic heterocycles. The summed E-state index contributed by atoms with van der Waals surface area (Å²) in [5, 5.41) is 4.31. The number of benzene rings is 1. The Labute approximate surface area is 132 Å². The van der Waals surface area contributed by atoms with Crippen LogP contribution in [0.4, 0.5) is 11.5 Å². The molecule has 0 bridgehead atoms. The molecule has 5 N–H and O–H groups in total. The van der Waals surface area contributed by atoms with E-state index in [1.54, 1.807) is 12.1 Å². The quantitative estimate of drug-likeness (QED) is 0.788. The van der Waals surface area contributed by atoms with Gasteiger partial charge in [-0.2, -0.15) is 0 Å². The standard InChI is InChI=1S/C14H14Cl2N4O/c15-9-2-1-8(11(16)5-9)3-4-19-13-6-10(14(18)21)12(17)7-20-13/h1-2,5-7H,3-4,17H2,(H2,18,21)(H,19,20). The zero-order valence-electron chi connectivity index (χ0n) is 11.1. The van der Waals surface area contributed by atoms with E-state index in [-0.39, 0.29) is 11.3 Å². The predicted molar refractivity (Wildman–Crippen MR) is 85.8 cm³/mol. The van der Waals surface area contributed by atoms with Gasteiger partial charge in [-0.15, -0.1) is 0 Å². The number of nitrogens with two attached hydrogens (primary N) is 2. The Bertz CT molecular complexity index is 676. The molecule has 0 saturated carbocycles. The van der Waals surface area contributed by atoms with E-state index >= 15 is 0 Å². The lowest BCUT2D eigenvalue weighted by Gasteiger charge is -2.09. The van der Waals surface area contributed by atoms with Crippen LogP contribution >= 0.6 is 23.2 Å². The Balaban J connectivity index is 2.00. The van der Waals surface area contributed by atoms with E-state index in [2.05, 4.69) is 10.3 Å². The van der Waals surface area contributed by atoms with E-state index < -0.39 is 5.91 Å². The molecular weight excluding hydrogens is 311 g/mol. The second kappa shape index (κ2) is 6.65. The van der Waals surface area contributed by atoms with Gasteiger partial charge in [0.05, 0.1) is 17.4 Å². The number of halogens is 2. The van der Waals surface area contributed by atoms with Crippen LogP contribution in [0.5, 0.6) is 0 Å². The minimum Gasteiger partial charge on any atom is -0.397 e. The Morgan fingerprint density at radius 2 is 2.05 bits per heavy atom. The molecule has 0 unspecified atom stereocenters. The predicted octanol–water partition coefficient (Wildman–Crippen LogP) is 2.72. The summed E-state index contributed by atoms with van der Waals surface area (Å²) in [6.07, 6.45) is 2.09. The van der Waals surface area contributed by atoms with E-state index in [4.69, 9.17) is 34.7 Å². The normalized spacial score (nSPS) is 10.4. The highest BCUT2D eigenvalue weighted by atomic mass is 35.5. The summed E-state index contributed by atoms with van der Waals surface area (Å²) < 4.78 is 0. The molecule has 1 amide bonds. The number of carbonyl (C=O) groups is 1. The number of hydrogen-bond donors (Lipinski definition) is 3. The van der Waals surface area contributed by atoms with Gasteiger partial charge in [0.2, 0.25) is 0 Å². The Hall–Kier alpha value is -1.98. The molecule has 7 heteroatoms. The van der Waals surface area contributed by atoms with E-state index in [1.807, 2.05) is 6.07 Å². The molecule has 21 heavy (non-hydrogen) atoms. The number of amides is 1. The summed E-state index contributed by atoms with van der Waals surface area (Å²) >= 11 is 11.9. The van der Waals surface area contributed by atoms with Gasteiger partial charge in [-0.1, -0.05) is 29.3 Å². The van der Waals surface area contributed by atoms with Crippen molar-refractivity contribution in [2.45, 2.75) is 6.42 Å². The van der Waals surface area contributed by atoms with Gasteiger partial charge in [0, 0.05) is 16.6 Å². The summed E-state index contributed by atoms with van der Waals surface area (Å²) in [4.78, 5) is 15.3. The van der Waals surface area contributed by atoms with Crippen molar-refractivity contribution >= 4 is 40.6 Å². The number of aromatic nitrogens is 1. The highest BCUT2D eigenvalue weighted by Crippen LogP contribution is 2.21. The number of nitrogens with zero attached hydrogens (tertiary/aromatic N) is 1. The van der Waals surface area contributed by atoms with Gasteiger partial charge in [0.25, 0.3) is 5.91 Å². The highest BCUT2D eigenvalue weighted by Gasteiger charge is 2.08. The molecule has 0 spiro atoms. The Kier molecular flexibility index (Phi) is 4.88. The smallest absolute Gasteiger partial charge is 0.250 e. The molecule has 1 heterocycles. The van der Waals surface area contributed by atoms with Crippen LogP contribution in [0.15, 0.2) is 30.5 Å². The van der Waals surface area contributed by atoms with Crippen LogP contribution in [-0.2, 0) is 6.42 Å². The zero-order valence-corrected chi connectivity index (χ0v) is 12.6. The minimum atomic E-state index is -0.585. The minimum absolute atomic E-state index is 0.247. The first kappa shape index (κ1) is 15.4. The SMILES string of the molecule is NC(=O)c1cc(NCCc2ccc(Cl)cc2Cl)ncc1N. The van der Waals surface area contributed by atoms with E-state index in [1.165, 1.54) is 12.3 Å². The van der Waals surface area contributed by atoms with E-state index in [0.717, 1.165) is 5.56 Å². The monoisotopic (exact) mass is 324 g/mol. The van der Waals surface area contributed by atoms with Gasteiger partial charge in [0.1, 0.15) is 5.82 Å². The van der Waals surface area contributed by atoms with Crippen molar-refractivity contribution in [3.63, 3.8) is 0 Å². The number of hydrogen-bond acceptors (Lipinski definition) is 4. The fourth-order valence-electron chi connectivity index (χ4n) is 1.83. The number of pyridine rings is 1. The van der Waals surface area contributed by atoms with E-state index in [9.17, 15) is 4.79 Å². The molecule has 0 radical (unpaired) electrons. The third-order valence-corrected chi connectivity index (χ3v) is 3.50. The summed E-state index contributed by atoms with van der Waals surface area (Å²) in [5.41, 5.74) is 12.3. The second-order valence-electron chi connectivity index (χ2n) is 4.43. The third kappa shape index (κ3) is 4.00. The second-order valence-corrected chi connectivity index (χ2v) is 5.28. The number of nitrogen functional groups attached to an aromatic ring is 1. The van der Waals surface area contributed by atoms with Crippen LogP contribution in [0.1, 0.15) is 15.9 Å². The van der Waals surface area contributed by atoms with Crippen LogP contribution in [0, 0.1) is 0 Å². The fraction of sp³-hybridized carbons (Fsp3) is 0.143. The van der Waals surface area contributed by atoms with Gasteiger partial charge in [-0.3, -0.25) is 4.79 Å². The maximum absolute atomic E-state index is 11.2. The van der Waals surface area contributed by atoms with Crippen molar-refractivity contribution in [1.82, 2.24) is 4.98 Å². The first-order valence-electron chi connectivity index (χ1n) is 6.20. The topological polar surface area (TPSA) is 94.0 Å². The molecule has 2 rings (SSSR count). The van der Waals surface area contributed by atoms with Crippen molar-refractivity contribution in [1.29, 1.82) is 0 Å².